The summed E-state index contributed by atoms with van der Waals surface area (Å²) in [5.74, 6) is 1.91. The Hall–Kier alpha value is -2.44. The number of phenols is 1. The van der Waals surface area contributed by atoms with Gasteiger partial charge >= 0.3 is 0 Å². The van der Waals surface area contributed by atoms with Crippen LogP contribution in [0.5, 0.6) is 23.0 Å². The topological polar surface area (TPSA) is 68.2 Å². The molecule has 2 heterocycles. The Kier molecular flexibility index (Phi) is 3.97. The molecule has 0 bridgehead atoms. The van der Waals surface area contributed by atoms with E-state index in [0.29, 0.717) is 15.8 Å². The number of hydrogen-bond donors (Lipinski definition) is 2. The number of nitrogens with zero attached hydrogens (tertiary/aromatic N) is 1. The van der Waals surface area contributed by atoms with Gasteiger partial charge in [-0.15, -0.1) is 0 Å². The second-order valence-corrected chi connectivity index (χ2v) is 7.48. The smallest absolute Gasteiger partial charge is 0.231 e. The van der Waals surface area contributed by atoms with Crippen molar-refractivity contribution in [3.05, 3.63) is 47.0 Å². The molecule has 2 aromatic rings. The number of phenolic OH excluding ortho intramolecular Hbond substituents is 1. The van der Waals surface area contributed by atoms with Crippen LogP contribution in [0.25, 0.3) is 0 Å². The van der Waals surface area contributed by atoms with Crippen LogP contribution >= 0.6 is 0 Å². The van der Waals surface area contributed by atoms with E-state index in [1.807, 2.05) is 12.1 Å². The molecule has 0 fully saturated rings. The van der Waals surface area contributed by atoms with Crippen LogP contribution in [0.4, 0.5) is 0 Å². The van der Waals surface area contributed by atoms with Crippen molar-refractivity contribution in [2.45, 2.75) is 18.6 Å². The highest BCUT2D eigenvalue weighted by atomic mass is 16.7. The third-order valence-electron chi connectivity index (χ3n) is 5.51. The predicted octanol–water partition coefficient (Wildman–Crippen LogP) is 2.54. The third kappa shape index (κ3) is 2.66. The van der Waals surface area contributed by atoms with Crippen LogP contribution in [0.2, 0.25) is 0 Å². The molecule has 0 unspecified atom stereocenters. The summed E-state index contributed by atoms with van der Waals surface area (Å²) in [5, 5.41) is 21.3. The Morgan fingerprint density at radius 3 is 2.58 bits per heavy atom. The zero-order valence-corrected chi connectivity index (χ0v) is 15.2. The summed E-state index contributed by atoms with van der Waals surface area (Å²) in [6.07, 6.45) is 0.136. The van der Waals surface area contributed by atoms with Crippen molar-refractivity contribution in [3.63, 3.8) is 0 Å². The fourth-order valence-electron chi connectivity index (χ4n) is 4.04. The Morgan fingerprint density at radius 1 is 1.15 bits per heavy atom. The molecule has 0 amide bonds. The molecule has 2 atom stereocenters. The van der Waals surface area contributed by atoms with Crippen LogP contribution in [0.3, 0.4) is 0 Å². The van der Waals surface area contributed by atoms with Crippen molar-refractivity contribution in [2.24, 2.45) is 0 Å². The minimum atomic E-state index is -0.777. The highest BCUT2D eigenvalue weighted by molar-refractivity contribution is 5.51. The van der Waals surface area contributed by atoms with Crippen LogP contribution in [0, 0.1) is 0 Å². The second-order valence-electron chi connectivity index (χ2n) is 7.48. The van der Waals surface area contributed by atoms with Gasteiger partial charge in [0.15, 0.2) is 23.0 Å². The number of fused-ring (bicyclic) bond motifs is 2. The van der Waals surface area contributed by atoms with Gasteiger partial charge < -0.3 is 28.9 Å². The fourth-order valence-corrected chi connectivity index (χ4v) is 4.04. The molecule has 2 aliphatic heterocycles. The molecule has 0 aromatic heterocycles. The summed E-state index contributed by atoms with van der Waals surface area (Å²) in [6, 6.07) is 8.89. The van der Waals surface area contributed by atoms with Crippen LogP contribution in [0.15, 0.2) is 30.3 Å². The van der Waals surface area contributed by atoms with Gasteiger partial charge in [0.05, 0.1) is 27.7 Å². The van der Waals surface area contributed by atoms with E-state index in [1.165, 1.54) is 12.7 Å². The summed E-state index contributed by atoms with van der Waals surface area (Å²) in [5.41, 5.74) is 2.90. The Bertz CT molecular complexity index is 848. The largest absolute Gasteiger partial charge is 0.504 e. The summed E-state index contributed by atoms with van der Waals surface area (Å²) in [4.78, 5) is 0. The van der Waals surface area contributed by atoms with Gasteiger partial charge in [-0.05, 0) is 35.4 Å². The molecule has 26 heavy (non-hydrogen) atoms. The second kappa shape index (κ2) is 6.07. The zero-order valence-electron chi connectivity index (χ0n) is 15.2. The van der Waals surface area contributed by atoms with Crippen molar-refractivity contribution < 1.29 is 28.9 Å². The molecule has 2 aliphatic rings. The van der Waals surface area contributed by atoms with Gasteiger partial charge in [-0.2, -0.15) is 0 Å². The maximum atomic E-state index is 11.2. The van der Waals surface area contributed by atoms with Crippen LogP contribution in [0.1, 0.15) is 28.8 Å². The Morgan fingerprint density at radius 2 is 1.88 bits per heavy atom. The first-order valence-electron chi connectivity index (χ1n) is 8.71. The van der Waals surface area contributed by atoms with E-state index in [4.69, 9.17) is 14.2 Å². The van der Waals surface area contributed by atoms with Crippen molar-refractivity contribution in [1.82, 2.24) is 0 Å². The number of likely N-dealkylation sites (N-methyl/N-ethyl adjacent to an activating group) is 1. The number of benzene rings is 2. The van der Waals surface area contributed by atoms with Gasteiger partial charge in [-0.25, -0.2) is 0 Å². The maximum Gasteiger partial charge on any atom is 0.231 e. The maximum absolute atomic E-state index is 11.2. The summed E-state index contributed by atoms with van der Waals surface area (Å²) >= 11 is 0. The molecule has 0 spiro atoms. The van der Waals surface area contributed by atoms with Crippen LogP contribution < -0.4 is 14.2 Å². The molecular formula is C20H24NO5+. The summed E-state index contributed by atoms with van der Waals surface area (Å²) < 4.78 is 16.8. The van der Waals surface area contributed by atoms with Crippen LogP contribution in [-0.2, 0) is 6.42 Å². The number of quaternary nitrogens is 1. The van der Waals surface area contributed by atoms with Crippen molar-refractivity contribution >= 4 is 0 Å². The molecule has 6 nitrogen and oxygen atoms in total. The van der Waals surface area contributed by atoms with E-state index < -0.39 is 6.10 Å². The Balaban J connectivity index is 1.78. The van der Waals surface area contributed by atoms with Gasteiger partial charge in [0.1, 0.15) is 12.1 Å². The van der Waals surface area contributed by atoms with Gasteiger partial charge in [0, 0.05) is 12.0 Å². The molecule has 2 N–H and O–H groups in total. The number of methoxy groups -OCH3 is 1. The number of hydrogen-bond acceptors (Lipinski definition) is 5. The minimum absolute atomic E-state index is 0.0241. The lowest BCUT2D eigenvalue weighted by Crippen LogP contribution is -2.50. The third-order valence-corrected chi connectivity index (χ3v) is 5.51. The minimum Gasteiger partial charge on any atom is -0.504 e. The first-order valence-corrected chi connectivity index (χ1v) is 8.71. The van der Waals surface area contributed by atoms with Crippen molar-refractivity contribution in [3.8, 4) is 23.0 Å². The van der Waals surface area contributed by atoms with Gasteiger partial charge in [0.25, 0.3) is 0 Å². The van der Waals surface area contributed by atoms with E-state index in [2.05, 4.69) is 14.1 Å². The number of rotatable bonds is 3. The number of aliphatic hydroxyl groups excluding tert-OH is 1. The van der Waals surface area contributed by atoms with Crippen molar-refractivity contribution in [2.75, 3.05) is 34.5 Å². The lowest BCUT2D eigenvalue weighted by atomic mass is 9.85. The monoisotopic (exact) mass is 358 g/mol. The Labute approximate surface area is 152 Å². The predicted molar refractivity (Wildman–Crippen MR) is 95.6 cm³/mol. The quantitative estimate of drug-likeness (QED) is 0.826. The van der Waals surface area contributed by atoms with Gasteiger partial charge in [0.2, 0.25) is 6.79 Å². The van der Waals surface area contributed by atoms with E-state index in [9.17, 15) is 10.2 Å². The zero-order chi connectivity index (χ0) is 18.5. The normalized spacial score (nSPS) is 21.2. The summed E-state index contributed by atoms with van der Waals surface area (Å²) in [6.45, 7) is 1.13. The highest BCUT2D eigenvalue weighted by Gasteiger charge is 2.42. The molecule has 0 radical (unpaired) electrons. The molecule has 138 valence electrons. The van der Waals surface area contributed by atoms with Gasteiger partial charge in [-0.1, -0.05) is 6.07 Å². The molecule has 0 saturated heterocycles. The van der Waals surface area contributed by atoms with E-state index in [-0.39, 0.29) is 18.6 Å². The molecule has 4 rings (SSSR count). The first kappa shape index (κ1) is 17.0. The van der Waals surface area contributed by atoms with E-state index >= 15 is 0 Å². The molecule has 0 aliphatic carbocycles. The number of aliphatic hydroxyl groups is 1. The van der Waals surface area contributed by atoms with E-state index in [0.717, 1.165) is 30.0 Å². The molecule has 6 heteroatoms. The molecule has 0 saturated carbocycles. The number of aromatic hydroxyl groups is 1. The van der Waals surface area contributed by atoms with E-state index in [1.54, 1.807) is 18.2 Å². The lowest BCUT2D eigenvalue weighted by molar-refractivity contribution is -0.927. The first-order chi connectivity index (χ1) is 12.4. The van der Waals surface area contributed by atoms with Crippen LogP contribution in [-0.4, -0.2) is 49.2 Å². The average Bonchev–Trinajstić information content (AvgIpc) is 3.06. The molecule has 2 aromatic carbocycles. The number of ether oxygens (including phenoxy) is 3. The molecular weight excluding hydrogens is 334 g/mol. The highest BCUT2D eigenvalue weighted by Crippen LogP contribution is 2.47. The standard InChI is InChI=1S/C20H23NO5/c1-21(2)7-6-12-9-17-18(26-11-25-17)10-14(12)19(21)20(23)13-4-5-16(24-3)15(22)8-13/h4-5,8-10,19-20,23H,6-7,11H2,1-3H3/p+1/t19-,20-/m0/s1. The summed E-state index contributed by atoms with van der Waals surface area (Å²) in [7, 11) is 5.74. The SMILES string of the molecule is COc1ccc([C@H](O)[C@@H]2c3cc4c(cc3CC[N+]2(C)C)OCO4)cc1O. The average molecular weight is 358 g/mol. The van der Waals surface area contributed by atoms with Crippen molar-refractivity contribution in [1.29, 1.82) is 0 Å². The lowest BCUT2D eigenvalue weighted by Gasteiger charge is -2.44. The fraction of sp³-hybridized carbons (Fsp3) is 0.400. The van der Waals surface area contributed by atoms with Gasteiger partial charge in [-0.3, -0.25) is 0 Å².